The molecular weight excluding hydrogens is 272 g/mol. The Morgan fingerprint density at radius 3 is 2.75 bits per heavy atom. The number of thiazole rings is 1. The summed E-state index contributed by atoms with van der Waals surface area (Å²) in [6.07, 6.45) is 2.06. The topological polar surface area (TPSA) is 52.8 Å². The fourth-order valence-corrected chi connectivity index (χ4v) is 2.96. The zero-order valence-electron chi connectivity index (χ0n) is 12.6. The third-order valence-corrected chi connectivity index (χ3v) is 4.01. The van der Waals surface area contributed by atoms with Gasteiger partial charge in [-0.05, 0) is 13.8 Å². The number of aliphatic hydroxyl groups is 1. The van der Waals surface area contributed by atoms with Gasteiger partial charge in [0.25, 0.3) is 0 Å². The molecule has 2 heterocycles. The van der Waals surface area contributed by atoms with Crippen LogP contribution in [0.5, 0.6) is 0 Å². The van der Waals surface area contributed by atoms with Crippen molar-refractivity contribution in [3.8, 4) is 0 Å². The van der Waals surface area contributed by atoms with Crippen LogP contribution in [-0.4, -0.2) is 39.7 Å². The van der Waals surface area contributed by atoms with Crippen LogP contribution in [0.15, 0.2) is 11.6 Å². The van der Waals surface area contributed by atoms with E-state index < -0.39 is 0 Å². The molecule has 0 aromatic carbocycles. The summed E-state index contributed by atoms with van der Waals surface area (Å²) in [4.78, 5) is 7.91. The molecule has 20 heavy (non-hydrogen) atoms. The number of hydrogen-bond acceptors (Lipinski definition) is 5. The summed E-state index contributed by atoms with van der Waals surface area (Å²) in [5.74, 6) is 0.981. The Bertz CT molecular complexity index is 546. The molecule has 112 valence electrons. The number of hydrogen-bond donors (Lipinski definition) is 2. The number of imidazole rings is 1. The zero-order chi connectivity index (χ0) is 14.7. The molecule has 0 radical (unpaired) electrons. The normalized spacial score (nSPS) is 11.9. The highest BCUT2D eigenvalue weighted by atomic mass is 32.1. The largest absolute Gasteiger partial charge is 0.395 e. The van der Waals surface area contributed by atoms with Crippen LogP contribution in [0, 0.1) is 0 Å². The predicted octanol–water partition coefficient (Wildman–Crippen LogP) is 2.10. The summed E-state index contributed by atoms with van der Waals surface area (Å²) in [6, 6.07) is 0.738. The van der Waals surface area contributed by atoms with E-state index in [1.165, 1.54) is 0 Å². The number of nitrogens with zero attached hydrogens (tertiary/aromatic N) is 3. The molecule has 0 aliphatic carbocycles. The zero-order valence-corrected chi connectivity index (χ0v) is 13.4. The van der Waals surface area contributed by atoms with Crippen molar-refractivity contribution in [2.45, 2.75) is 46.3 Å². The maximum atomic E-state index is 9.29. The number of fused-ring (bicyclic) bond motifs is 1. The van der Waals surface area contributed by atoms with Gasteiger partial charge in [-0.3, -0.25) is 4.40 Å². The van der Waals surface area contributed by atoms with Gasteiger partial charge in [-0.15, -0.1) is 11.3 Å². The predicted molar refractivity (Wildman–Crippen MR) is 84.6 cm³/mol. The van der Waals surface area contributed by atoms with Crippen molar-refractivity contribution in [2.24, 2.45) is 0 Å². The van der Waals surface area contributed by atoms with Crippen molar-refractivity contribution in [3.05, 3.63) is 17.3 Å². The molecule has 0 aliphatic heterocycles. The third kappa shape index (κ3) is 3.13. The van der Waals surface area contributed by atoms with Gasteiger partial charge in [0.2, 0.25) is 0 Å². The molecule has 0 unspecified atom stereocenters. The lowest BCUT2D eigenvalue weighted by Crippen LogP contribution is -2.35. The monoisotopic (exact) mass is 296 g/mol. The second-order valence-electron chi connectivity index (χ2n) is 5.48. The number of rotatable bonds is 7. The number of anilines is 1. The quantitative estimate of drug-likeness (QED) is 0.821. The van der Waals surface area contributed by atoms with Crippen LogP contribution in [0.1, 0.15) is 33.4 Å². The molecule has 0 spiro atoms. The van der Waals surface area contributed by atoms with Gasteiger partial charge < -0.3 is 15.3 Å². The minimum atomic E-state index is 0.139. The van der Waals surface area contributed by atoms with Crippen molar-refractivity contribution >= 4 is 22.1 Å². The summed E-state index contributed by atoms with van der Waals surface area (Å²) in [6.45, 7) is 10.1. The minimum Gasteiger partial charge on any atom is -0.395 e. The van der Waals surface area contributed by atoms with Crippen LogP contribution in [0.25, 0.3) is 4.96 Å². The van der Waals surface area contributed by atoms with Crippen LogP contribution in [0.4, 0.5) is 5.82 Å². The van der Waals surface area contributed by atoms with Crippen molar-refractivity contribution in [2.75, 3.05) is 18.1 Å². The van der Waals surface area contributed by atoms with Gasteiger partial charge in [-0.1, -0.05) is 13.8 Å². The van der Waals surface area contributed by atoms with E-state index in [2.05, 4.69) is 53.9 Å². The minimum absolute atomic E-state index is 0.139. The van der Waals surface area contributed by atoms with Crippen LogP contribution < -0.4 is 10.2 Å². The highest BCUT2D eigenvalue weighted by Gasteiger charge is 2.20. The van der Waals surface area contributed by atoms with E-state index in [4.69, 9.17) is 4.98 Å². The SMILES string of the molecule is CC(C)NCc1c(N(CCO)C(C)C)nc2sccn12. The fraction of sp³-hybridized carbons (Fsp3) is 0.643. The van der Waals surface area contributed by atoms with Gasteiger partial charge in [0, 0.05) is 36.8 Å². The molecule has 5 nitrogen and oxygen atoms in total. The first-order chi connectivity index (χ1) is 9.54. The summed E-state index contributed by atoms with van der Waals surface area (Å²) in [7, 11) is 0. The van der Waals surface area contributed by atoms with Gasteiger partial charge in [0.1, 0.15) is 0 Å². The second kappa shape index (κ2) is 6.56. The molecule has 0 bridgehead atoms. The van der Waals surface area contributed by atoms with Gasteiger partial charge >= 0.3 is 0 Å². The van der Waals surface area contributed by atoms with Crippen molar-refractivity contribution in [1.29, 1.82) is 0 Å². The van der Waals surface area contributed by atoms with Crippen molar-refractivity contribution in [1.82, 2.24) is 14.7 Å². The van der Waals surface area contributed by atoms with Crippen LogP contribution >= 0.6 is 11.3 Å². The third-order valence-electron chi connectivity index (χ3n) is 3.25. The summed E-state index contributed by atoms with van der Waals surface area (Å²) < 4.78 is 2.14. The van der Waals surface area contributed by atoms with E-state index in [0.717, 1.165) is 23.0 Å². The average Bonchev–Trinajstić information content (AvgIpc) is 2.93. The Labute approximate surface area is 124 Å². The lowest BCUT2D eigenvalue weighted by molar-refractivity contribution is 0.298. The first kappa shape index (κ1) is 15.3. The van der Waals surface area contributed by atoms with E-state index >= 15 is 0 Å². The summed E-state index contributed by atoms with van der Waals surface area (Å²) >= 11 is 1.64. The fourth-order valence-electron chi connectivity index (χ4n) is 2.23. The molecule has 0 amide bonds. The molecule has 0 aliphatic rings. The maximum absolute atomic E-state index is 9.29. The Morgan fingerprint density at radius 2 is 2.15 bits per heavy atom. The smallest absolute Gasteiger partial charge is 0.195 e. The Hall–Kier alpha value is -1.11. The van der Waals surface area contributed by atoms with E-state index in [1.807, 2.05) is 0 Å². The summed E-state index contributed by atoms with van der Waals surface area (Å²) in [5, 5.41) is 14.8. The van der Waals surface area contributed by atoms with Gasteiger partial charge in [0.05, 0.1) is 12.3 Å². The molecule has 2 aromatic rings. The molecule has 0 atom stereocenters. The molecular formula is C14H24N4OS. The molecule has 2 N–H and O–H groups in total. The highest BCUT2D eigenvalue weighted by Crippen LogP contribution is 2.26. The van der Waals surface area contributed by atoms with Gasteiger partial charge in [-0.25, -0.2) is 4.98 Å². The van der Waals surface area contributed by atoms with Crippen LogP contribution in [0.2, 0.25) is 0 Å². The van der Waals surface area contributed by atoms with Gasteiger partial charge in [0.15, 0.2) is 10.8 Å². The van der Waals surface area contributed by atoms with Crippen molar-refractivity contribution < 1.29 is 5.11 Å². The lowest BCUT2D eigenvalue weighted by Gasteiger charge is -2.27. The lowest BCUT2D eigenvalue weighted by atomic mass is 10.2. The molecule has 0 fully saturated rings. The standard InChI is InChI=1S/C14H24N4OS/c1-10(2)15-9-12-13(17(5-7-19)11(3)4)16-14-18(12)6-8-20-14/h6,8,10-11,15,19H,5,7,9H2,1-4H3. The van der Waals surface area contributed by atoms with Crippen LogP contribution in [0.3, 0.4) is 0 Å². The molecule has 2 rings (SSSR count). The molecule has 6 heteroatoms. The van der Waals surface area contributed by atoms with E-state index in [0.29, 0.717) is 18.6 Å². The Morgan fingerprint density at radius 1 is 1.40 bits per heavy atom. The molecule has 0 saturated heterocycles. The maximum Gasteiger partial charge on any atom is 0.195 e. The van der Waals surface area contributed by atoms with E-state index in [1.54, 1.807) is 11.3 Å². The first-order valence-electron chi connectivity index (χ1n) is 7.10. The highest BCUT2D eigenvalue weighted by molar-refractivity contribution is 7.15. The average molecular weight is 296 g/mol. The Kier molecular flexibility index (Phi) is 5.01. The molecule has 0 saturated carbocycles. The number of nitrogens with one attached hydrogen (secondary N) is 1. The number of aromatic nitrogens is 2. The van der Waals surface area contributed by atoms with Crippen LogP contribution in [-0.2, 0) is 6.54 Å². The number of aliphatic hydroxyl groups excluding tert-OH is 1. The second-order valence-corrected chi connectivity index (χ2v) is 6.36. The first-order valence-corrected chi connectivity index (χ1v) is 7.97. The van der Waals surface area contributed by atoms with Gasteiger partial charge in [-0.2, -0.15) is 0 Å². The van der Waals surface area contributed by atoms with E-state index in [-0.39, 0.29) is 6.61 Å². The molecule has 2 aromatic heterocycles. The van der Waals surface area contributed by atoms with E-state index in [9.17, 15) is 5.11 Å². The van der Waals surface area contributed by atoms with Crippen molar-refractivity contribution in [3.63, 3.8) is 0 Å². The summed E-state index contributed by atoms with van der Waals surface area (Å²) in [5.41, 5.74) is 1.16. The Balaban J connectivity index is 2.39.